The first-order valence-electron chi connectivity index (χ1n) is 10.5. The second-order valence-electron chi connectivity index (χ2n) is 7.18. The molecule has 0 radical (unpaired) electrons. The van der Waals surface area contributed by atoms with E-state index in [1.165, 1.54) is 42.3 Å². The molecule has 2 aromatic heterocycles. The fourth-order valence-electron chi connectivity index (χ4n) is 3.28. The van der Waals surface area contributed by atoms with Gasteiger partial charge in [-0.25, -0.2) is 9.18 Å². The van der Waals surface area contributed by atoms with Gasteiger partial charge in [0, 0.05) is 11.4 Å². The number of anilines is 1. The number of rotatable bonds is 11. The van der Waals surface area contributed by atoms with E-state index in [1.54, 1.807) is 10.6 Å². The molecule has 3 rings (SSSR count). The maximum Gasteiger partial charge on any atom is 0.341 e. The van der Waals surface area contributed by atoms with Crippen molar-refractivity contribution >= 4 is 51.6 Å². The first-order chi connectivity index (χ1) is 16.8. The second-order valence-corrected chi connectivity index (χ2v) is 9.76. The number of halogens is 2. The van der Waals surface area contributed by atoms with Crippen molar-refractivity contribution in [1.82, 2.24) is 14.8 Å². The number of carbonyl (C=O) groups excluding carboxylic acids is 2. The summed E-state index contributed by atoms with van der Waals surface area (Å²) in [5, 5.41) is 12.2. The summed E-state index contributed by atoms with van der Waals surface area (Å²) in [7, 11) is 1.31. The number of hydrogen-bond donors (Lipinski definition) is 1. The van der Waals surface area contributed by atoms with Crippen LogP contribution in [0.4, 0.5) is 9.39 Å². The minimum atomic E-state index is -0.481. The number of ether oxygens (including phenoxy) is 2. The average Bonchev–Trinajstić information content (AvgIpc) is 3.36. The van der Waals surface area contributed by atoms with Crippen molar-refractivity contribution in [2.24, 2.45) is 0 Å². The van der Waals surface area contributed by atoms with E-state index in [0.29, 0.717) is 40.3 Å². The number of amides is 1. The third kappa shape index (κ3) is 6.41. The summed E-state index contributed by atoms with van der Waals surface area (Å²) in [6.07, 6.45) is 2.32. The zero-order valence-corrected chi connectivity index (χ0v) is 21.8. The highest BCUT2D eigenvalue weighted by Gasteiger charge is 2.23. The molecule has 186 valence electrons. The van der Waals surface area contributed by atoms with E-state index in [0.717, 1.165) is 16.5 Å². The predicted molar refractivity (Wildman–Crippen MR) is 135 cm³/mol. The number of esters is 1. The molecular weight excluding hydrogens is 515 g/mol. The Morgan fingerprint density at radius 2 is 2.14 bits per heavy atom. The number of allylic oxidation sites excluding steroid dienone is 1. The summed E-state index contributed by atoms with van der Waals surface area (Å²) in [5.41, 5.74) is 1.26. The standard InChI is InChI=1S/C23H24ClFN4O4S2/c1-5-9-29-18(11-33-17-8-7-14(25)10-16(17)24)27-28-23(29)34-12-19(30)26-21-20(22(31)32-4)15(6-2)13(3)35-21/h5,7-8,10H,1,6,9,11-12H2,2-4H3,(H,26,30). The summed E-state index contributed by atoms with van der Waals surface area (Å²) < 4.78 is 25.6. The van der Waals surface area contributed by atoms with E-state index in [4.69, 9.17) is 21.1 Å². The van der Waals surface area contributed by atoms with Gasteiger partial charge in [-0.1, -0.05) is 36.4 Å². The Hall–Kier alpha value is -2.89. The van der Waals surface area contributed by atoms with Gasteiger partial charge in [-0.05, 0) is 37.1 Å². The van der Waals surface area contributed by atoms with E-state index in [1.807, 2.05) is 13.8 Å². The Morgan fingerprint density at radius 1 is 1.37 bits per heavy atom. The lowest BCUT2D eigenvalue weighted by atomic mass is 10.1. The molecule has 1 amide bonds. The molecule has 0 aliphatic heterocycles. The van der Waals surface area contributed by atoms with Gasteiger partial charge in [-0.15, -0.1) is 28.1 Å². The number of carbonyl (C=O) groups is 2. The number of benzene rings is 1. The molecule has 8 nitrogen and oxygen atoms in total. The van der Waals surface area contributed by atoms with Crippen LogP contribution in [-0.4, -0.2) is 39.5 Å². The fourth-order valence-corrected chi connectivity index (χ4v) is 5.42. The molecule has 2 heterocycles. The highest BCUT2D eigenvalue weighted by atomic mass is 35.5. The molecule has 1 aromatic carbocycles. The van der Waals surface area contributed by atoms with Crippen LogP contribution >= 0.6 is 34.7 Å². The number of nitrogens with zero attached hydrogens (tertiary/aromatic N) is 3. The van der Waals surface area contributed by atoms with Gasteiger partial charge in [-0.3, -0.25) is 9.36 Å². The van der Waals surface area contributed by atoms with Crippen LogP contribution in [0.3, 0.4) is 0 Å². The van der Waals surface area contributed by atoms with Crippen molar-refractivity contribution in [3.8, 4) is 5.75 Å². The molecule has 0 unspecified atom stereocenters. The lowest BCUT2D eigenvalue weighted by Gasteiger charge is -2.10. The van der Waals surface area contributed by atoms with Crippen molar-refractivity contribution in [2.75, 3.05) is 18.2 Å². The molecule has 3 aromatic rings. The van der Waals surface area contributed by atoms with Crippen LogP contribution < -0.4 is 10.1 Å². The number of thioether (sulfide) groups is 1. The Kier molecular flexibility index (Phi) is 9.30. The number of aryl methyl sites for hydroxylation is 1. The summed E-state index contributed by atoms with van der Waals surface area (Å²) in [4.78, 5) is 25.9. The van der Waals surface area contributed by atoms with Gasteiger partial charge in [0.05, 0.1) is 23.4 Å². The highest BCUT2D eigenvalue weighted by molar-refractivity contribution is 7.99. The predicted octanol–water partition coefficient (Wildman–Crippen LogP) is 5.29. The van der Waals surface area contributed by atoms with Crippen molar-refractivity contribution < 1.29 is 23.5 Å². The van der Waals surface area contributed by atoms with Crippen molar-refractivity contribution in [3.63, 3.8) is 0 Å². The van der Waals surface area contributed by atoms with E-state index in [9.17, 15) is 14.0 Å². The molecule has 0 bridgehead atoms. The topological polar surface area (TPSA) is 95.3 Å². The molecule has 0 saturated heterocycles. The van der Waals surface area contributed by atoms with Crippen LogP contribution in [0.1, 0.15) is 33.5 Å². The maximum atomic E-state index is 13.2. The minimum Gasteiger partial charge on any atom is -0.484 e. The maximum absolute atomic E-state index is 13.2. The van der Waals surface area contributed by atoms with Crippen molar-refractivity contribution in [3.05, 3.63) is 63.5 Å². The SMILES string of the molecule is C=CCn1c(COc2ccc(F)cc2Cl)nnc1SCC(=O)Nc1sc(C)c(CC)c1C(=O)OC. The third-order valence-corrected chi connectivity index (χ3v) is 7.22. The molecule has 35 heavy (non-hydrogen) atoms. The molecule has 0 aliphatic rings. The van der Waals surface area contributed by atoms with Gasteiger partial charge in [0.1, 0.15) is 23.2 Å². The van der Waals surface area contributed by atoms with Gasteiger partial charge >= 0.3 is 5.97 Å². The Balaban J connectivity index is 1.69. The summed E-state index contributed by atoms with van der Waals surface area (Å²) in [6, 6.07) is 3.85. The molecule has 0 fully saturated rings. The number of nitrogens with one attached hydrogen (secondary N) is 1. The van der Waals surface area contributed by atoms with E-state index >= 15 is 0 Å². The molecule has 12 heteroatoms. The normalized spacial score (nSPS) is 10.8. The lowest BCUT2D eigenvalue weighted by molar-refractivity contribution is -0.113. The summed E-state index contributed by atoms with van der Waals surface area (Å²) in [5.74, 6) is -0.397. The Bertz CT molecular complexity index is 1240. The lowest BCUT2D eigenvalue weighted by Crippen LogP contribution is -2.17. The van der Waals surface area contributed by atoms with Gasteiger partial charge in [0.25, 0.3) is 0 Å². The van der Waals surface area contributed by atoms with E-state index in [2.05, 4.69) is 22.1 Å². The minimum absolute atomic E-state index is 0.0374. The first kappa shape index (κ1) is 26.7. The molecular formula is C23H24ClFN4O4S2. The Labute approximate surface area is 215 Å². The van der Waals surface area contributed by atoms with E-state index < -0.39 is 11.8 Å². The summed E-state index contributed by atoms with van der Waals surface area (Å²) >= 11 is 8.54. The smallest absolute Gasteiger partial charge is 0.341 e. The number of aromatic nitrogens is 3. The molecule has 0 saturated carbocycles. The third-order valence-electron chi connectivity index (χ3n) is 4.89. The van der Waals surface area contributed by atoms with Crippen LogP contribution in [0.25, 0.3) is 0 Å². The van der Waals surface area contributed by atoms with Crippen LogP contribution in [0.2, 0.25) is 5.02 Å². The van der Waals surface area contributed by atoms with Gasteiger partial charge in [0.15, 0.2) is 11.0 Å². The monoisotopic (exact) mass is 538 g/mol. The highest BCUT2D eigenvalue weighted by Crippen LogP contribution is 2.34. The van der Waals surface area contributed by atoms with Crippen LogP contribution in [0.5, 0.6) is 5.75 Å². The van der Waals surface area contributed by atoms with Crippen molar-refractivity contribution in [1.29, 1.82) is 0 Å². The zero-order chi connectivity index (χ0) is 25.5. The fraction of sp³-hybridized carbons (Fsp3) is 0.304. The van der Waals surface area contributed by atoms with Crippen LogP contribution in [-0.2, 0) is 29.1 Å². The van der Waals surface area contributed by atoms with E-state index in [-0.39, 0.29) is 23.3 Å². The molecule has 0 spiro atoms. The molecule has 1 N–H and O–H groups in total. The Morgan fingerprint density at radius 3 is 2.80 bits per heavy atom. The summed E-state index contributed by atoms with van der Waals surface area (Å²) in [6.45, 7) is 8.03. The van der Waals surface area contributed by atoms with Crippen LogP contribution in [0.15, 0.2) is 36.0 Å². The van der Waals surface area contributed by atoms with Gasteiger partial charge < -0.3 is 14.8 Å². The van der Waals surface area contributed by atoms with Crippen LogP contribution in [0, 0.1) is 12.7 Å². The molecule has 0 aliphatic carbocycles. The van der Waals surface area contributed by atoms with Gasteiger partial charge in [-0.2, -0.15) is 0 Å². The number of hydrogen-bond acceptors (Lipinski definition) is 8. The average molecular weight is 539 g/mol. The largest absolute Gasteiger partial charge is 0.484 e. The zero-order valence-electron chi connectivity index (χ0n) is 19.4. The number of thiophene rings is 1. The van der Waals surface area contributed by atoms with Gasteiger partial charge in [0.2, 0.25) is 5.91 Å². The second kappa shape index (κ2) is 12.2. The first-order valence-corrected chi connectivity index (χ1v) is 12.7. The number of methoxy groups -OCH3 is 1. The molecule has 0 atom stereocenters. The van der Waals surface area contributed by atoms with Crippen molar-refractivity contribution in [2.45, 2.75) is 38.6 Å². The quantitative estimate of drug-likeness (QED) is 0.201.